The van der Waals surface area contributed by atoms with Crippen LogP contribution >= 0.6 is 0 Å². The van der Waals surface area contributed by atoms with Crippen LogP contribution in [0.3, 0.4) is 0 Å². The second kappa shape index (κ2) is 2.28. The highest BCUT2D eigenvalue weighted by atomic mass is 16.4. The van der Waals surface area contributed by atoms with Gasteiger partial charge in [0.15, 0.2) is 0 Å². The van der Waals surface area contributed by atoms with Crippen LogP contribution < -0.4 is 0 Å². The summed E-state index contributed by atoms with van der Waals surface area (Å²) >= 11 is 0. The molecule has 0 aliphatic heterocycles. The lowest BCUT2D eigenvalue weighted by Crippen LogP contribution is -2.72. The predicted molar refractivity (Wildman–Crippen MR) is 50.9 cm³/mol. The van der Waals surface area contributed by atoms with Crippen molar-refractivity contribution in [3.63, 3.8) is 0 Å². The summed E-state index contributed by atoms with van der Waals surface area (Å²) in [5.41, 5.74) is 0. The van der Waals surface area contributed by atoms with Crippen molar-refractivity contribution in [2.75, 3.05) is 0 Å². The first-order valence-electron chi connectivity index (χ1n) is 5.95. The number of rotatable bonds is 1. The SMILES string of the molecule is O=C(O)C1C[C@H]2[C@@H]1[C@@H]1[C@H]3C(=O)CC[C@H]3[C@H]21. The van der Waals surface area contributed by atoms with E-state index in [4.69, 9.17) is 5.11 Å². The van der Waals surface area contributed by atoms with Gasteiger partial charge in [-0.25, -0.2) is 0 Å². The van der Waals surface area contributed by atoms with Crippen molar-refractivity contribution in [3.8, 4) is 0 Å². The van der Waals surface area contributed by atoms with Crippen LogP contribution in [0.15, 0.2) is 0 Å². The first kappa shape index (κ1) is 8.31. The van der Waals surface area contributed by atoms with Crippen molar-refractivity contribution in [1.29, 1.82) is 0 Å². The number of carboxylic acid groups (broad SMARTS) is 1. The van der Waals surface area contributed by atoms with E-state index in [-0.39, 0.29) is 11.8 Å². The monoisotopic (exact) mass is 206 g/mol. The lowest BCUT2D eigenvalue weighted by Gasteiger charge is -2.73. The summed E-state index contributed by atoms with van der Waals surface area (Å²) in [7, 11) is 0. The molecule has 0 aromatic carbocycles. The van der Waals surface area contributed by atoms with E-state index < -0.39 is 5.97 Å². The highest BCUT2D eigenvalue weighted by Gasteiger charge is 2.75. The third kappa shape index (κ3) is 0.704. The number of carbonyl (C=O) groups excluding carboxylic acids is 1. The minimum Gasteiger partial charge on any atom is -0.481 e. The van der Waals surface area contributed by atoms with E-state index in [0.717, 1.165) is 25.2 Å². The highest BCUT2D eigenvalue weighted by Crippen LogP contribution is 2.75. The van der Waals surface area contributed by atoms with E-state index in [1.165, 1.54) is 0 Å². The smallest absolute Gasteiger partial charge is 0.306 e. The molecule has 0 aromatic rings. The zero-order chi connectivity index (χ0) is 10.3. The Labute approximate surface area is 87.8 Å². The predicted octanol–water partition coefficient (Wildman–Crippen LogP) is 1.18. The van der Waals surface area contributed by atoms with Crippen LogP contribution in [-0.2, 0) is 9.59 Å². The normalized spacial score (nSPS) is 59.2. The van der Waals surface area contributed by atoms with Gasteiger partial charge < -0.3 is 5.11 Å². The number of hydrogen-bond acceptors (Lipinski definition) is 2. The molecule has 4 fully saturated rings. The van der Waals surface area contributed by atoms with Crippen molar-refractivity contribution < 1.29 is 14.7 Å². The third-order valence-corrected chi connectivity index (χ3v) is 5.65. The Bertz CT molecular complexity index is 375. The van der Waals surface area contributed by atoms with Gasteiger partial charge >= 0.3 is 5.97 Å². The van der Waals surface area contributed by atoms with Crippen LogP contribution in [0.25, 0.3) is 0 Å². The fourth-order valence-corrected chi connectivity index (χ4v) is 5.10. The molecule has 3 nitrogen and oxygen atoms in total. The average Bonchev–Trinajstić information content (AvgIpc) is 2.44. The molecule has 7 atom stereocenters. The number of ketones is 1. The molecule has 1 unspecified atom stereocenters. The van der Waals surface area contributed by atoms with Gasteiger partial charge in [0.2, 0.25) is 0 Å². The Morgan fingerprint density at radius 1 is 1.20 bits per heavy atom. The lowest BCUT2D eigenvalue weighted by atomic mass is 9.30. The van der Waals surface area contributed by atoms with Gasteiger partial charge in [-0.2, -0.15) is 0 Å². The molecule has 4 saturated carbocycles. The number of fused-ring (bicyclic) bond motifs is 7. The van der Waals surface area contributed by atoms with Crippen LogP contribution in [0.4, 0.5) is 0 Å². The second-order valence-electron chi connectivity index (χ2n) is 5.77. The Morgan fingerprint density at radius 2 is 2.00 bits per heavy atom. The maximum Gasteiger partial charge on any atom is 0.306 e. The quantitative estimate of drug-likeness (QED) is 0.700. The molecule has 15 heavy (non-hydrogen) atoms. The van der Waals surface area contributed by atoms with Crippen LogP contribution in [-0.4, -0.2) is 16.9 Å². The van der Waals surface area contributed by atoms with Crippen molar-refractivity contribution >= 4 is 11.8 Å². The van der Waals surface area contributed by atoms with E-state index >= 15 is 0 Å². The molecular weight excluding hydrogens is 192 g/mol. The minimum absolute atomic E-state index is 0.120. The summed E-state index contributed by atoms with van der Waals surface area (Å²) in [4.78, 5) is 22.6. The van der Waals surface area contributed by atoms with Gasteiger partial charge in [0, 0.05) is 12.3 Å². The number of hydrogen-bond donors (Lipinski definition) is 1. The molecule has 4 rings (SSSR count). The molecular formula is C12H14O3. The molecule has 0 amide bonds. The van der Waals surface area contributed by atoms with E-state index in [1.54, 1.807) is 0 Å². The number of Topliss-reactive ketones (excluding diaryl/α,β-unsaturated/α-hetero) is 1. The first-order valence-corrected chi connectivity index (χ1v) is 5.95. The van der Waals surface area contributed by atoms with Gasteiger partial charge in [0.1, 0.15) is 5.78 Å². The van der Waals surface area contributed by atoms with E-state index in [2.05, 4.69) is 0 Å². The first-order chi connectivity index (χ1) is 7.20. The molecule has 0 aromatic heterocycles. The summed E-state index contributed by atoms with van der Waals surface area (Å²) < 4.78 is 0. The number of aliphatic carboxylic acids is 1. The zero-order valence-electron chi connectivity index (χ0n) is 8.43. The maximum absolute atomic E-state index is 11.6. The van der Waals surface area contributed by atoms with Crippen LogP contribution in [0.5, 0.6) is 0 Å². The summed E-state index contributed by atoms with van der Waals surface area (Å²) in [6.45, 7) is 0. The van der Waals surface area contributed by atoms with Gasteiger partial charge in [0.05, 0.1) is 5.92 Å². The minimum atomic E-state index is -0.636. The van der Waals surface area contributed by atoms with E-state index in [0.29, 0.717) is 29.5 Å². The van der Waals surface area contributed by atoms with Crippen molar-refractivity contribution in [2.45, 2.75) is 19.3 Å². The van der Waals surface area contributed by atoms with Gasteiger partial charge in [-0.1, -0.05) is 0 Å². The summed E-state index contributed by atoms with van der Waals surface area (Å²) in [6.07, 6.45) is 2.74. The molecule has 4 aliphatic rings. The Hall–Kier alpha value is -0.860. The topological polar surface area (TPSA) is 54.4 Å². The standard InChI is InChI=1S/C12H14O3/c13-7-2-1-4-8-5-3-6(12(14)15)9(5)11(8)10(4)7/h4-6,8-11H,1-3H2,(H,14,15)/t4-,5+,6?,8+,9-,10+,11+/m0/s1. The van der Waals surface area contributed by atoms with Gasteiger partial charge in [-0.05, 0) is 42.4 Å². The van der Waals surface area contributed by atoms with Crippen molar-refractivity contribution in [1.82, 2.24) is 0 Å². The average molecular weight is 206 g/mol. The Morgan fingerprint density at radius 3 is 2.73 bits per heavy atom. The van der Waals surface area contributed by atoms with E-state index in [9.17, 15) is 9.59 Å². The molecule has 0 heterocycles. The van der Waals surface area contributed by atoms with Crippen LogP contribution in [0.2, 0.25) is 0 Å². The highest BCUT2D eigenvalue weighted by molar-refractivity contribution is 5.86. The third-order valence-electron chi connectivity index (χ3n) is 5.65. The number of carboxylic acids is 1. The second-order valence-corrected chi connectivity index (χ2v) is 5.77. The van der Waals surface area contributed by atoms with Crippen molar-refractivity contribution in [3.05, 3.63) is 0 Å². The molecule has 0 radical (unpaired) electrons. The zero-order valence-corrected chi connectivity index (χ0v) is 8.43. The van der Waals surface area contributed by atoms with Crippen LogP contribution in [0, 0.1) is 41.4 Å². The lowest BCUT2D eigenvalue weighted by molar-refractivity contribution is -0.263. The molecule has 3 heteroatoms. The fourth-order valence-electron chi connectivity index (χ4n) is 5.10. The van der Waals surface area contributed by atoms with Crippen LogP contribution in [0.1, 0.15) is 19.3 Å². The number of carbonyl (C=O) groups is 2. The fraction of sp³-hybridized carbons (Fsp3) is 0.833. The molecule has 80 valence electrons. The Kier molecular flexibility index (Phi) is 1.26. The summed E-state index contributed by atoms with van der Waals surface area (Å²) in [5.74, 6) is 2.85. The van der Waals surface area contributed by atoms with E-state index in [1.807, 2.05) is 0 Å². The molecule has 4 aliphatic carbocycles. The summed E-state index contributed by atoms with van der Waals surface area (Å²) in [5, 5.41) is 9.00. The van der Waals surface area contributed by atoms with Crippen molar-refractivity contribution in [2.24, 2.45) is 41.4 Å². The van der Waals surface area contributed by atoms with Gasteiger partial charge in [-0.15, -0.1) is 0 Å². The largest absolute Gasteiger partial charge is 0.481 e. The maximum atomic E-state index is 11.6. The summed E-state index contributed by atoms with van der Waals surface area (Å²) in [6, 6.07) is 0. The Balaban J connectivity index is 1.59. The molecule has 0 saturated heterocycles. The molecule has 0 spiro atoms. The molecule has 1 N–H and O–H groups in total. The van der Waals surface area contributed by atoms with Gasteiger partial charge in [0.25, 0.3) is 0 Å². The van der Waals surface area contributed by atoms with Gasteiger partial charge in [-0.3, -0.25) is 9.59 Å². The molecule has 0 bridgehead atoms.